The van der Waals surface area contributed by atoms with E-state index in [0.29, 0.717) is 11.3 Å². The van der Waals surface area contributed by atoms with Crippen LogP contribution in [0, 0.1) is 0 Å². The largest absolute Gasteiger partial charge is 0.504 e. The number of aromatic nitrogens is 1. The highest BCUT2D eigenvalue weighted by Crippen LogP contribution is 2.27. The summed E-state index contributed by atoms with van der Waals surface area (Å²) in [5, 5.41) is 19.8. The molecule has 0 amide bonds. The van der Waals surface area contributed by atoms with E-state index in [9.17, 15) is 15.0 Å². The lowest BCUT2D eigenvalue weighted by Crippen LogP contribution is -2.05. The zero-order chi connectivity index (χ0) is 15.7. The van der Waals surface area contributed by atoms with E-state index < -0.39 is 5.97 Å². The molecule has 5 nitrogen and oxygen atoms in total. The molecule has 3 rings (SSSR count). The first-order valence-corrected chi connectivity index (χ1v) is 6.79. The number of carbonyl (C=O) groups is 1. The molecule has 0 saturated carbocycles. The molecule has 0 radical (unpaired) electrons. The van der Waals surface area contributed by atoms with Crippen LogP contribution in [0.1, 0.15) is 16.1 Å². The molecule has 112 valence electrons. The Morgan fingerprint density at radius 3 is 2.68 bits per heavy atom. The molecule has 0 saturated heterocycles. The van der Waals surface area contributed by atoms with E-state index in [2.05, 4.69) is 0 Å². The first-order chi connectivity index (χ1) is 10.6. The molecule has 0 bridgehead atoms. The number of phenolic OH excluding ortho intramolecular Hbond substituents is 1. The standard InChI is InChI=1S/C17H15NO4/c1-18-12(10-22-15-8-3-2-7-14(15)19)9-11-5-4-6-13(16(11)18)17(20)21/h2-9,19H,10H2,1H3,(H,20,21). The molecule has 0 atom stereocenters. The number of aryl methyl sites for hydroxylation is 1. The van der Waals surface area contributed by atoms with Gasteiger partial charge >= 0.3 is 5.97 Å². The van der Waals surface area contributed by atoms with Gasteiger partial charge in [-0.05, 0) is 24.3 Å². The summed E-state index contributed by atoms with van der Waals surface area (Å²) in [6.07, 6.45) is 0. The van der Waals surface area contributed by atoms with Crippen LogP contribution in [0.4, 0.5) is 0 Å². The van der Waals surface area contributed by atoms with Gasteiger partial charge in [0, 0.05) is 12.4 Å². The monoisotopic (exact) mass is 297 g/mol. The molecule has 0 aliphatic carbocycles. The Morgan fingerprint density at radius 2 is 1.95 bits per heavy atom. The Balaban J connectivity index is 1.95. The molecular weight excluding hydrogens is 282 g/mol. The van der Waals surface area contributed by atoms with Crippen LogP contribution in [0.15, 0.2) is 48.5 Å². The fourth-order valence-corrected chi connectivity index (χ4v) is 2.51. The van der Waals surface area contributed by atoms with Crippen LogP contribution in [-0.4, -0.2) is 20.7 Å². The summed E-state index contributed by atoms with van der Waals surface area (Å²) in [6, 6.07) is 13.8. The number of carboxylic acid groups (broad SMARTS) is 1. The van der Waals surface area contributed by atoms with Crippen molar-refractivity contribution in [2.75, 3.05) is 0 Å². The van der Waals surface area contributed by atoms with Crippen LogP contribution < -0.4 is 4.74 Å². The number of aromatic carboxylic acids is 1. The summed E-state index contributed by atoms with van der Waals surface area (Å²) >= 11 is 0. The maximum absolute atomic E-state index is 11.3. The van der Waals surface area contributed by atoms with Gasteiger partial charge in [-0.3, -0.25) is 0 Å². The van der Waals surface area contributed by atoms with Crippen LogP contribution in [0.5, 0.6) is 11.5 Å². The zero-order valence-corrected chi connectivity index (χ0v) is 12.0. The summed E-state index contributed by atoms with van der Waals surface area (Å²) in [6.45, 7) is 0.238. The third kappa shape index (κ3) is 2.37. The van der Waals surface area contributed by atoms with Gasteiger partial charge in [-0.1, -0.05) is 24.3 Å². The number of benzene rings is 2. The summed E-state index contributed by atoms with van der Waals surface area (Å²) < 4.78 is 7.42. The average Bonchev–Trinajstić information content (AvgIpc) is 2.83. The van der Waals surface area contributed by atoms with Gasteiger partial charge in [0.15, 0.2) is 11.5 Å². The predicted molar refractivity (Wildman–Crippen MR) is 82.3 cm³/mol. The minimum atomic E-state index is -0.958. The third-order valence-corrected chi connectivity index (χ3v) is 3.63. The minimum Gasteiger partial charge on any atom is -0.504 e. The Labute approximate surface area is 127 Å². The number of phenols is 1. The third-order valence-electron chi connectivity index (χ3n) is 3.63. The highest BCUT2D eigenvalue weighted by Gasteiger charge is 2.14. The molecule has 5 heteroatoms. The van der Waals surface area contributed by atoms with Crippen molar-refractivity contribution in [3.63, 3.8) is 0 Å². The lowest BCUT2D eigenvalue weighted by Gasteiger charge is -2.09. The maximum Gasteiger partial charge on any atom is 0.337 e. The maximum atomic E-state index is 11.3. The van der Waals surface area contributed by atoms with Gasteiger partial charge in [0.05, 0.1) is 16.8 Å². The second-order valence-corrected chi connectivity index (χ2v) is 5.00. The number of ether oxygens (including phenoxy) is 1. The molecule has 1 aromatic heterocycles. The van der Waals surface area contributed by atoms with Crippen LogP contribution in [0.3, 0.4) is 0 Å². The fraction of sp³-hybridized carbons (Fsp3) is 0.118. The number of para-hydroxylation sites is 3. The number of hydrogen-bond donors (Lipinski definition) is 2. The second-order valence-electron chi connectivity index (χ2n) is 5.00. The number of fused-ring (bicyclic) bond motifs is 1. The average molecular weight is 297 g/mol. The summed E-state index contributed by atoms with van der Waals surface area (Å²) in [4.78, 5) is 11.3. The van der Waals surface area contributed by atoms with Crippen molar-refractivity contribution in [1.29, 1.82) is 0 Å². The van der Waals surface area contributed by atoms with Gasteiger partial charge in [-0.25, -0.2) is 4.79 Å². The molecule has 22 heavy (non-hydrogen) atoms. The molecule has 0 aliphatic rings. The van der Waals surface area contributed by atoms with Gasteiger partial charge < -0.3 is 19.5 Å². The molecule has 3 aromatic rings. The van der Waals surface area contributed by atoms with Crippen molar-refractivity contribution < 1.29 is 19.7 Å². The van der Waals surface area contributed by atoms with E-state index in [0.717, 1.165) is 11.1 Å². The SMILES string of the molecule is Cn1c(COc2ccccc2O)cc2cccc(C(=O)O)c21. The molecule has 2 N–H and O–H groups in total. The quantitative estimate of drug-likeness (QED) is 0.776. The van der Waals surface area contributed by atoms with Gasteiger partial charge in [0.1, 0.15) is 6.61 Å². The summed E-state index contributed by atoms with van der Waals surface area (Å²) in [5.74, 6) is -0.487. The van der Waals surface area contributed by atoms with Gasteiger partial charge in [-0.2, -0.15) is 0 Å². The topological polar surface area (TPSA) is 71.7 Å². The van der Waals surface area contributed by atoms with E-state index >= 15 is 0 Å². The second kappa shape index (κ2) is 5.44. The van der Waals surface area contributed by atoms with Crippen molar-refractivity contribution in [3.8, 4) is 11.5 Å². The van der Waals surface area contributed by atoms with E-state index in [1.165, 1.54) is 0 Å². The van der Waals surface area contributed by atoms with E-state index in [4.69, 9.17) is 4.74 Å². The molecular formula is C17H15NO4. The smallest absolute Gasteiger partial charge is 0.337 e. The van der Waals surface area contributed by atoms with Crippen LogP contribution >= 0.6 is 0 Å². The van der Waals surface area contributed by atoms with Crippen LogP contribution in [0.25, 0.3) is 10.9 Å². The normalized spacial score (nSPS) is 10.8. The predicted octanol–water partition coefficient (Wildman–Crippen LogP) is 3.16. The molecule has 0 aliphatic heterocycles. The van der Waals surface area contributed by atoms with Crippen molar-refractivity contribution in [2.45, 2.75) is 6.61 Å². The number of aromatic hydroxyl groups is 1. The van der Waals surface area contributed by atoms with Gasteiger partial charge in [0.2, 0.25) is 0 Å². The lowest BCUT2D eigenvalue weighted by atomic mass is 10.1. The highest BCUT2D eigenvalue weighted by atomic mass is 16.5. The Morgan fingerprint density at radius 1 is 1.18 bits per heavy atom. The Hall–Kier alpha value is -2.95. The van der Waals surface area contributed by atoms with E-state index in [1.807, 2.05) is 12.1 Å². The van der Waals surface area contributed by atoms with Crippen LogP contribution in [0.2, 0.25) is 0 Å². The van der Waals surface area contributed by atoms with E-state index in [1.54, 1.807) is 48.0 Å². The Kier molecular flexibility index (Phi) is 3.47. The summed E-state index contributed by atoms with van der Waals surface area (Å²) in [7, 11) is 1.80. The van der Waals surface area contributed by atoms with Crippen molar-refractivity contribution in [1.82, 2.24) is 4.57 Å². The molecule has 2 aromatic carbocycles. The molecule has 0 unspecified atom stereocenters. The zero-order valence-electron chi connectivity index (χ0n) is 12.0. The van der Waals surface area contributed by atoms with Crippen molar-refractivity contribution in [2.24, 2.45) is 7.05 Å². The minimum absolute atomic E-state index is 0.0764. The molecule has 0 fully saturated rings. The Bertz CT molecular complexity index is 851. The van der Waals surface area contributed by atoms with E-state index in [-0.39, 0.29) is 17.9 Å². The van der Waals surface area contributed by atoms with Gasteiger partial charge in [0.25, 0.3) is 0 Å². The lowest BCUT2D eigenvalue weighted by molar-refractivity contribution is 0.0698. The van der Waals surface area contributed by atoms with Crippen molar-refractivity contribution in [3.05, 3.63) is 59.8 Å². The summed E-state index contributed by atoms with van der Waals surface area (Å²) in [5.41, 5.74) is 1.74. The number of rotatable bonds is 4. The number of carboxylic acids is 1. The fourth-order valence-electron chi connectivity index (χ4n) is 2.51. The molecule has 0 spiro atoms. The number of nitrogens with zero attached hydrogens (tertiary/aromatic N) is 1. The van der Waals surface area contributed by atoms with Gasteiger partial charge in [-0.15, -0.1) is 0 Å². The number of hydrogen-bond acceptors (Lipinski definition) is 3. The molecule has 1 heterocycles. The highest BCUT2D eigenvalue weighted by molar-refractivity contribution is 6.02. The first kappa shape index (κ1) is 14.0. The van der Waals surface area contributed by atoms with Crippen molar-refractivity contribution >= 4 is 16.9 Å². The van der Waals surface area contributed by atoms with Crippen LogP contribution in [-0.2, 0) is 13.7 Å². The first-order valence-electron chi connectivity index (χ1n) is 6.79.